The van der Waals surface area contributed by atoms with Crippen molar-refractivity contribution in [3.8, 4) is 0 Å². The summed E-state index contributed by atoms with van der Waals surface area (Å²) < 4.78 is 22.6. The van der Waals surface area contributed by atoms with Gasteiger partial charge in [-0.2, -0.15) is 0 Å². The van der Waals surface area contributed by atoms with Gasteiger partial charge in [-0.1, -0.05) is 51.1 Å². The van der Waals surface area contributed by atoms with Gasteiger partial charge < -0.3 is 18.6 Å². The lowest BCUT2D eigenvalue weighted by molar-refractivity contribution is 0.00525. The third kappa shape index (κ3) is 8.94. The number of rotatable bonds is 12. The van der Waals surface area contributed by atoms with Gasteiger partial charge in [-0.05, 0) is 23.7 Å². The van der Waals surface area contributed by atoms with Crippen LogP contribution in [0.5, 0.6) is 0 Å². The average molecular weight is 355 g/mol. The molecule has 24 heavy (non-hydrogen) atoms. The van der Waals surface area contributed by atoms with E-state index in [1.165, 1.54) is 5.56 Å². The molecule has 0 aromatic heterocycles. The van der Waals surface area contributed by atoms with Gasteiger partial charge in [-0.3, -0.25) is 0 Å². The highest BCUT2D eigenvalue weighted by molar-refractivity contribution is 6.74. The van der Waals surface area contributed by atoms with Gasteiger partial charge in [0.25, 0.3) is 0 Å². The van der Waals surface area contributed by atoms with Crippen LogP contribution in [0.25, 0.3) is 0 Å². The van der Waals surface area contributed by atoms with Gasteiger partial charge in [0.2, 0.25) is 0 Å². The Balaban J connectivity index is 1.89. The number of ether oxygens (including phenoxy) is 3. The third-order valence-electron chi connectivity index (χ3n) is 4.35. The van der Waals surface area contributed by atoms with E-state index >= 15 is 0 Å². The Morgan fingerprint density at radius 1 is 0.750 bits per heavy atom. The van der Waals surface area contributed by atoms with Crippen molar-refractivity contribution in [3.63, 3.8) is 0 Å². The highest BCUT2D eigenvalue weighted by Gasteiger charge is 2.36. The van der Waals surface area contributed by atoms with Crippen LogP contribution in [0.3, 0.4) is 0 Å². The summed E-state index contributed by atoms with van der Waals surface area (Å²) in [5, 5.41) is 0.246. The molecule has 0 saturated heterocycles. The maximum Gasteiger partial charge on any atom is 0.192 e. The number of hydrogen-bond donors (Lipinski definition) is 0. The van der Waals surface area contributed by atoms with Crippen LogP contribution in [-0.2, 0) is 25.2 Å². The van der Waals surface area contributed by atoms with Crippen molar-refractivity contribution in [1.29, 1.82) is 0 Å². The van der Waals surface area contributed by atoms with E-state index in [4.69, 9.17) is 18.6 Å². The third-order valence-corrected chi connectivity index (χ3v) is 8.89. The van der Waals surface area contributed by atoms with Crippen molar-refractivity contribution in [2.75, 3.05) is 39.6 Å². The van der Waals surface area contributed by atoms with Crippen molar-refractivity contribution in [2.45, 2.75) is 45.5 Å². The minimum Gasteiger partial charge on any atom is -0.414 e. The van der Waals surface area contributed by atoms with E-state index in [-0.39, 0.29) is 5.04 Å². The predicted octanol–water partition coefficient (Wildman–Crippen LogP) is 4.26. The summed E-state index contributed by atoms with van der Waals surface area (Å²) in [6.07, 6.45) is 0. The summed E-state index contributed by atoms with van der Waals surface area (Å²) in [5.74, 6) is 0. The topological polar surface area (TPSA) is 36.9 Å². The molecule has 0 aliphatic carbocycles. The smallest absolute Gasteiger partial charge is 0.192 e. The first kappa shape index (κ1) is 21.3. The molecule has 0 unspecified atom stereocenters. The molecule has 0 bridgehead atoms. The molecule has 138 valence electrons. The molecule has 0 spiro atoms. The molecular weight excluding hydrogens is 320 g/mol. The standard InChI is InChI=1S/C19H34O4Si/c1-19(2,3)24(4,5)23-16-15-21-12-11-20-13-14-22-17-18-9-7-6-8-10-18/h6-10H,11-17H2,1-5H3. The SMILES string of the molecule is CC(C)(C)[Si](C)(C)OCCOCCOCCOCc1ccccc1. The maximum atomic E-state index is 6.05. The van der Waals surface area contributed by atoms with Crippen LogP contribution in [0.2, 0.25) is 18.1 Å². The molecule has 0 aliphatic heterocycles. The van der Waals surface area contributed by atoms with E-state index in [9.17, 15) is 0 Å². The highest BCUT2D eigenvalue weighted by atomic mass is 28.4. The zero-order chi connectivity index (χ0) is 17.9. The largest absolute Gasteiger partial charge is 0.414 e. The highest BCUT2D eigenvalue weighted by Crippen LogP contribution is 2.36. The Kier molecular flexibility index (Phi) is 9.77. The summed E-state index contributed by atoms with van der Waals surface area (Å²) in [4.78, 5) is 0. The van der Waals surface area contributed by atoms with Gasteiger partial charge in [-0.15, -0.1) is 0 Å². The molecule has 0 saturated carbocycles. The molecule has 1 aromatic carbocycles. The van der Waals surface area contributed by atoms with Crippen molar-refractivity contribution in [1.82, 2.24) is 0 Å². The van der Waals surface area contributed by atoms with E-state index in [0.717, 1.165) is 0 Å². The van der Waals surface area contributed by atoms with E-state index in [1.807, 2.05) is 18.2 Å². The fraction of sp³-hybridized carbons (Fsp3) is 0.684. The second-order valence-electron chi connectivity index (χ2n) is 7.37. The maximum absolute atomic E-state index is 6.05. The van der Waals surface area contributed by atoms with Crippen LogP contribution >= 0.6 is 0 Å². The summed E-state index contributed by atoms with van der Waals surface area (Å²) in [6, 6.07) is 10.1. The lowest BCUT2D eigenvalue weighted by Crippen LogP contribution is -2.41. The molecule has 0 amide bonds. The van der Waals surface area contributed by atoms with Crippen LogP contribution in [-0.4, -0.2) is 48.0 Å². The molecule has 0 aliphatic rings. The van der Waals surface area contributed by atoms with Gasteiger partial charge in [0.15, 0.2) is 8.32 Å². The van der Waals surface area contributed by atoms with E-state index in [0.29, 0.717) is 46.2 Å². The zero-order valence-corrected chi connectivity index (χ0v) is 17.0. The Morgan fingerprint density at radius 2 is 1.25 bits per heavy atom. The normalized spacial score (nSPS) is 12.5. The van der Waals surface area contributed by atoms with Crippen LogP contribution in [0.1, 0.15) is 26.3 Å². The first-order valence-corrected chi connectivity index (χ1v) is 11.6. The first-order chi connectivity index (χ1) is 11.3. The lowest BCUT2D eigenvalue weighted by atomic mass is 10.2. The second kappa shape index (κ2) is 11.0. The first-order valence-electron chi connectivity index (χ1n) is 8.74. The molecule has 0 N–H and O–H groups in total. The van der Waals surface area contributed by atoms with Crippen molar-refractivity contribution >= 4 is 8.32 Å². The van der Waals surface area contributed by atoms with E-state index in [2.05, 4.69) is 46.0 Å². The van der Waals surface area contributed by atoms with Crippen LogP contribution in [0.4, 0.5) is 0 Å². The van der Waals surface area contributed by atoms with Gasteiger partial charge in [0, 0.05) is 0 Å². The Bertz CT molecular complexity index is 429. The fourth-order valence-electron chi connectivity index (χ4n) is 1.78. The molecule has 0 fully saturated rings. The molecule has 1 aromatic rings. The fourth-order valence-corrected chi connectivity index (χ4v) is 2.80. The zero-order valence-electron chi connectivity index (χ0n) is 16.0. The summed E-state index contributed by atoms with van der Waals surface area (Å²) in [7, 11) is -1.65. The molecule has 0 atom stereocenters. The monoisotopic (exact) mass is 354 g/mol. The summed E-state index contributed by atoms with van der Waals surface area (Å²) in [5.41, 5.74) is 1.18. The second-order valence-corrected chi connectivity index (χ2v) is 12.2. The van der Waals surface area contributed by atoms with Crippen molar-refractivity contribution < 1.29 is 18.6 Å². The lowest BCUT2D eigenvalue weighted by Gasteiger charge is -2.36. The Labute approximate surface area is 148 Å². The summed E-state index contributed by atoms with van der Waals surface area (Å²) >= 11 is 0. The van der Waals surface area contributed by atoms with Crippen molar-refractivity contribution in [2.24, 2.45) is 0 Å². The quantitative estimate of drug-likeness (QED) is 0.415. The minimum atomic E-state index is -1.65. The molecule has 4 nitrogen and oxygen atoms in total. The summed E-state index contributed by atoms with van der Waals surface area (Å²) in [6.45, 7) is 15.5. The molecule has 0 heterocycles. The van der Waals surface area contributed by atoms with Crippen LogP contribution in [0, 0.1) is 0 Å². The minimum absolute atomic E-state index is 0.246. The molecular formula is C19H34O4Si. The molecule has 1 rings (SSSR count). The van der Waals surface area contributed by atoms with Crippen LogP contribution < -0.4 is 0 Å². The molecule has 0 radical (unpaired) electrons. The van der Waals surface area contributed by atoms with Gasteiger partial charge in [0.1, 0.15) is 0 Å². The van der Waals surface area contributed by atoms with Gasteiger partial charge in [0.05, 0.1) is 46.2 Å². The average Bonchev–Trinajstić information content (AvgIpc) is 2.52. The Hall–Kier alpha value is -0.723. The number of benzene rings is 1. The van der Waals surface area contributed by atoms with Crippen molar-refractivity contribution in [3.05, 3.63) is 35.9 Å². The molecule has 5 heteroatoms. The Morgan fingerprint density at radius 3 is 1.79 bits per heavy atom. The van der Waals surface area contributed by atoms with Gasteiger partial charge >= 0.3 is 0 Å². The van der Waals surface area contributed by atoms with Gasteiger partial charge in [-0.25, -0.2) is 0 Å². The van der Waals surface area contributed by atoms with Crippen LogP contribution in [0.15, 0.2) is 30.3 Å². The predicted molar refractivity (Wildman–Crippen MR) is 101 cm³/mol. The number of hydrogen-bond acceptors (Lipinski definition) is 4. The van der Waals surface area contributed by atoms with E-state index < -0.39 is 8.32 Å². The van der Waals surface area contributed by atoms with E-state index in [1.54, 1.807) is 0 Å².